The molecule has 0 spiro atoms. The van der Waals surface area contributed by atoms with Gasteiger partial charge >= 0.3 is 6.18 Å². The van der Waals surface area contributed by atoms with Crippen LogP contribution in [0.2, 0.25) is 10.0 Å². The molecular weight excluding hydrogens is 578 g/mol. The van der Waals surface area contributed by atoms with Crippen molar-refractivity contribution in [3.8, 4) is 0 Å². The summed E-state index contributed by atoms with van der Waals surface area (Å²) in [6, 6.07) is 7.73. The summed E-state index contributed by atoms with van der Waals surface area (Å²) in [6.07, 6.45) is 0.682. The van der Waals surface area contributed by atoms with E-state index in [9.17, 15) is 31.2 Å². The Morgan fingerprint density at radius 1 is 1.05 bits per heavy atom. The topological polar surface area (TPSA) is 86.8 Å². The smallest absolute Gasteiger partial charge is 0.352 e. The van der Waals surface area contributed by atoms with Gasteiger partial charge in [0.2, 0.25) is 21.8 Å². The molecule has 214 valence electrons. The maximum Gasteiger partial charge on any atom is 0.416 e. The molecule has 2 aromatic carbocycles. The van der Waals surface area contributed by atoms with Gasteiger partial charge in [0, 0.05) is 17.6 Å². The summed E-state index contributed by atoms with van der Waals surface area (Å²) in [5.74, 6) is -1.21. The van der Waals surface area contributed by atoms with E-state index >= 15 is 0 Å². The van der Waals surface area contributed by atoms with E-state index < -0.39 is 51.9 Å². The van der Waals surface area contributed by atoms with Crippen LogP contribution in [0.25, 0.3) is 0 Å². The second kappa shape index (κ2) is 12.8. The highest BCUT2D eigenvalue weighted by molar-refractivity contribution is 7.92. The van der Waals surface area contributed by atoms with Crippen molar-refractivity contribution in [2.45, 2.75) is 63.8 Å². The number of hydrogen-bond donors (Lipinski definition) is 1. The molecule has 39 heavy (non-hydrogen) atoms. The molecule has 1 N–H and O–H groups in total. The van der Waals surface area contributed by atoms with E-state index in [1.165, 1.54) is 11.8 Å². The first-order valence-electron chi connectivity index (χ1n) is 12.4. The fourth-order valence-electron chi connectivity index (χ4n) is 4.41. The van der Waals surface area contributed by atoms with Crippen molar-refractivity contribution in [2.24, 2.45) is 0 Å². The van der Waals surface area contributed by atoms with E-state index in [1.54, 1.807) is 24.3 Å². The van der Waals surface area contributed by atoms with Gasteiger partial charge in [-0.25, -0.2) is 8.42 Å². The van der Waals surface area contributed by atoms with Crippen molar-refractivity contribution in [3.05, 3.63) is 63.6 Å². The lowest BCUT2D eigenvalue weighted by Gasteiger charge is -2.33. The van der Waals surface area contributed by atoms with E-state index in [1.807, 2.05) is 0 Å². The zero-order valence-corrected chi connectivity index (χ0v) is 23.8. The molecule has 1 atom stereocenters. The zero-order chi connectivity index (χ0) is 29.0. The number of alkyl halides is 3. The number of halogens is 5. The first-order chi connectivity index (χ1) is 18.2. The third-order valence-corrected chi connectivity index (χ3v) is 8.30. The highest BCUT2D eigenvalue weighted by atomic mass is 35.5. The Kier molecular flexibility index (Phi) is 10.2. The molecule has 0 saturated heterocycles. The van der Waals surface area contributed by atoms with Crippen LogP contribution in [-0.2, 0) is 32.3 Å². The van der Waals surface area contributed by atoms with Gasteiger partial charge in [-0.1, -0.05) is 54.6 Å². The Morgan fingerprint density at radius 2 is 1.67 bits per heavy atom. The van der Waals surface area contributed by atoms with E-state index in [0.717, 1.165) is 50.5 Å². The molecule has 13 heteroatoms. The summed E-state index contributed by atoms with van der Waals surface area (Å²) in [6.45, 7) is 0.589. The molecular formula is C26H30Cl2F3N3O4S. The molecule has 1 saturated carbocycles. The number of sulfonamides is 1. The number of anilines is 1. The number of hydrogen-bond acceptors (Lipinski definition) is 4. The minimum Gasteiger partial charge on any atom is -0.352 e. The second-order valence-corrected chi connectivity index (χ2v) is 12.4. The van der Waals surface area contributed by atoms with Gasteiger partial charge < -0.3 is 10.2 Å². The third-order valence-electron chi connectivity index (χ3n) is 6.61. The van der Waals surface area contributed by atoms with Crippen LogP contribution in [0.4, 0.5) is 18.9 Å². The molecule has 0 aromatic heterocycles. The molecule has 1 aliphatic carbocycles. The quantitative estimate of drug-likeness (QED) is 0.399. The maximum absolute atomic E-state index is 13.6. The van der Waals surface area contributed by atoms with Gasteiger partial charge in [-0.15, -0.1) is 0 Å². The number of carbonyl (C=O) groups excluding carboxylic acids is 2. The highest BCUT2D eigenvalue weighted by Crippen LogP contribution is 2.36. The number of rotatable bonds is 9. The van der Waals surface area contributed by atoms with Gasteiger partial charge in [0.25, 0.3) is 0 Å². The largest absolute Gasteiger partial charge is 0.416 e. The molecule has 0 radical (unpaired) electrons. The average Bonchev–Trinajstić information content (AvgIpc) is 2.86. The van der Waals surface area contributed by atoms with Gasteiger partial charge in [0.15, 0.2) is 0 Å². The molecule has 0 aliphatic heterocycles. The minimum absolute atomic E-state index is 0.0300. The number of nitrogens with zero attached hydrogens (tertiary/aromatic N) is 2. The summed E-state index contributed by atoms with van der Waals surface area (Å²) in [5.41, 5.74) is -0.998. The van der Waals surface area contributed by atoms with Crippen molar-refractivity contribution < 1.29 is 31.2 Å². The number of benzene rings is 2. The van der Waals surface area contributed by atoms with E-state index in [4.69, 9.17) is 23.2 Å². The molecule has 3 rings (SSSR count). The van der Waals surface area contributed by atoms with Crippen molar-refractivity contribution in [2.75, 3.05) is 17.1 Å². The van der Waals surface area contributed by atoms with Crippen molar-refractivity contribution >= 4 is 50.7 Å². The predicted molar refractivity (Wildman–Crippen MR) is 145 cm³/mol. The Balaban J connectivity index is 1.94. The van der Waals surface area contributed by atoms with E-state index in [2.05, 4.69) is 5.32 Å². The zero-order valence-electron chi connectivity index (χ0n) is 21.5. The number of carbonyl (C=O) groups is 2. The molecule has 0 heterocycles. The molecule has 2 aromatic rings. The van der Waals surface area contributed by atoms with Crippen LogP contribution in [-0.4, -0.2) is 50.0 Å². The SMILES string of the molecule is C[C@H](C(=O)NC1CCCCC1)N(Cc1ccc(Cl)cc1)C(=O)CN(c1cc(C(F)(F)F)ccc1Cl)S(C)(=O)=O. The third kappa shape index (κ3) is 8.49. The van der Waals surface area contributed by atoms with Gasteiger partial charge in [-0.2, -0.15) is 13.2 Å². The van der Waals surface area contributed by atoms with Crippen LogP contribution >= 0.6 is 23.2 Å². The van der Waals surface area contributed by atoms with Crippen molar-refractivity contribution in [1.82, 2.24) is 10.2 Å². The molecule has 0 bridgehead atoms. The fraction of sp³-hybridized carbons (Fsp3) is 0.462. The van der Waals surface area contributed by atoms with Gasteiger partial charge in [-0.05, 0) is 55.7 Å². The summed E-state index contributed by atoms with van der Waals surface area (Å²) in [5, 5.41) is 3.14. The number of nitrogens with one attached hydrogen (secondary N) is 1. The van der Waals surface area contributed by atoms with Gasteiger partial charge in [0.05, 0.1) is 22.5 Å². The Labute approximate surface area is 236 Å². The van der Waals surface area contributed by atoms with Crippen LogP contribution in [0.15, 0.2) is 42.5 Å². The lowest BCUT2D eigenvalue weighted by atomic mass is 9.95. The Morgan fingerprint density at radius 3 is 2.23 bits per heavy atom. The van der Waals surface area contributed by atoms with Crippen molar-refractivity contribution in [1.29, 1.82) is 0 Å². The van der Waals surface area contributed by atoms with Crippen LogP contribution in [0.3, 0.4) is 0 Å². The lowest BCUT2D eigenvalue weighted by Crippen LogP contribution is -2.53. The summed E-state index contributed by atoms with van der Waals surface area (Å²) in [7, 11) is -4.26. The van der Waals surface area contributed by atoms with E-state index in [-0.39, 0.29) is 17.6 Å². The van der Waals surface area contributed by atoms with Gasteiger partial charge in [0.1, 0.15) is 12.6 Å². The fourth-order valence-corrected chi connectivity index (χ4v) is 5.66. The Bertz CT molecular complexity index is 1280. The molecule has 7 nitrogen and oxygen atoms in total. The van der Waals surface area contributed by atoms with Gasteiger partial charge in [-0.3, -0.25) is 13.9 Å². The van der Waals surface area contributed by atoms with Crippen LogP contribution < -0.4 is 9.62 Å². The number of amides is 2. The van der Waals surface area contributed by atoms with Crippen LogP contribution in [0.1, 0.15) is 50.2 Å². The first-order valence-corrected chi connectivity index (χ1v) is 15.0. The molecule has 1 fully saturated rings. The first kappa shape index (κ1) is 31.0. The second-order valence-electron chi connectivity index (χ2n) is 9.60. The molecule has 2 amide bonds. The average molecular weight is 609 g/mol. The van der Waals surface area contributed by atoms with E-state index in [0.29, 0.717) is 21.0 Å². The minimum atomic E-state index is -4.77. The van der Waals surface area contributed by atoms with Crippen LogP contribution in [0, 0.1) is 0 Å². The normalized spacial score (nSPS) is 15.5. The predicted octanol–water partition coefficient (Wildman–Crippen LogP) is 5.64. The summed E-state index contributed by atoms with van der Waals surface area (Å²) >= 11 is 12.1. The van der Waals surface area contributed by atoms with Crippen molar-refractivity contribution in [3.63, 3.8) is 0 Å². The molecule has 0 unspecified atom stereocenters. The summed E-state index contributed by atoms with van der Waals surface area (Å²) in [4.78, 5) is 28.0. The maximum atomic E-state index is 13.6. The monoisotopic (exact) mass is 607 g/mol. The lowest BCUT2D eigenvalue weighted by molar-refractivity contribution is -0.139. The standard InChI is InChI=1S/C26H30Cl2F3N3O4S/c1-17(25(36)32-21-6-4-3-5-7-21)33(15-18-8-11-20(27)12-9-18)24(35)16-34(39(2,37)38)23-14-19(26(29,30)31)10-13-22(23)28/h8-14,17,21H,3-7,15-16H2,1-2H3,(H,32,36)/t17-/m1/s1. The molecule has 1 aliphatic rings. The Hall–Kier alpha value is -2.50. The van der Waals surface area contributed by atoms with Crippen LogP contribution in [0.5, 0.6) is 0 Å². The summed E-state index contributed by atoms with van der Waals surface area (Å²) < 4.78 is 66.0. The highest BCUT2D eigenvalue weighted by Gasteiger charge is 2.35.